The van der Waals surface area contributed by atoms with E-state index < -0.39 is 5.82 Å². The maximum absolute atomic E-state index is 13.7. The second-order valence-electron chi connectivity index (χ2n) is 6.32. The SMILES string of the molecule is O=C(Nc1ccccc1F)c1ccc([C@@H]2SCC(=O)N2Cc2ccco2)cc1. The van der Waals surface area contributed by atoms with Gasteiger partial charge in [0.1, 0.15) is 17.0 Å². The number of amides is 2. The summed E-state index contributed by atoms with van der Waals surface area (Å²) in [5.74, 6) is 0.302. The van der Waals surface area contributed by atoms with Gasteiger partial charge in [0.15, 0.2) is 0 Å². The first kappa shape index (κ1) is 18.3. The fraction of sp³-hybridized carbons (Fsp3) is 0.143. The van der Waals surface area contributed by atoms with Crippen LogP contribution in [0.4, 0.5) is 10.1 Å². The highest BCUT2D eigenvalue weighted by atomic mass is 32.2. The predicted octanol–water partition coefficient (Wildman–Crippen LogP) is 4.45. The average molecular weight is 396 g/mol. The minimum absolute atomic E-state index is 0.0489. The van der Waals surface area contributed by atoms with Crippen LogP contribution in [0, 0.1) is 5.82 Å². The van der Waals surface area contributed by atoms with Gasteiger partial charge in [-0.15, -0.1) is 11.8 Å². The molecule has 1 atom stereocenters. The molecule has 3 aromatic rings. The van der Waals surface area contributed by atoms with Crippen molar-refractivity contribution in [2.45, 2.75) is 11.9 Å². The van der Waals surface area contributed by atoms with Gasteiger partial charge in [-0.25, -0.2) is 4.39 Å². The number of hydrogen-bond acceptors (Lipinski definition) is 4. The third-order valence-corrected chi connectivity index (χ3v) is 5.71. The molecule has 0 saturated carbocycles. The molecule has 1 fully saturated rings. The lowest BCUT2D eigenvalue weighted by Crippen LogP contribution is -2.27. The average Bonchev–Trinajstić information content (AvgIpc) is 3.35. The fourth-order valence-corrected chi connectivity index (χ4v) is 4.22. The Bertz CT molecular complexity index is 989. The Balaban J connectivity index is 1.48. The van der Waals surface area contributed by atoms with Crippen LogP contribution in [0.5, 0.6) is 0 Å². The number of para-hydroxylation sites is 1. The summed E-state index contributed by atoms with van der Waals surface area (Å²) in [7, 11) is 0. The number of halogens is 1. The number of carbonyl (C=O) groups is 2. The minimum Gasteiger partial charge on any atom is -0.467 e. The summed E-state index contributed by atoms with van der Waals surface area (Å²) in [6, 6.07) is 16.7. The molecule has 1 aliphatic rings. The van der Waals surface area contributed by atoms with E-state index in [0.717, 1.165) is 11.3 Å². The molecule has 0 aliphatic carbocycles. The van der Waals surface area contributed by atoms with Gasteiger partial charge < -0.3 is 14.6 Å². The quantitative estimate of drug-likeness (QED) is 0.692. The zero-order valence-corrected chi connectivity index (χ0v) is 15.6. The number of hydrogen-bond donors (Lipinski definition) is 1. The summed E-state index contributed by atoms with van der Waals surface area (Å²) in [4.78, 5) is 26.4. The maximum Gasteiger partial charge on any atom is 0.255 e. The molecule has 0 unspecified atom stereocenters. The lowest BCUT2D eigenvalue weighted by molar-refractivity contribution is -0.128. The van der Waals surface area contributed by atoms with Crippen molar-refractivity contribution in [1.82, 2.24) is 4.90 Å². The summed E-state index contributed by atoms with van der Waals surface area (Å²) in [6.07, 6.45) is 1.58. The summed E-state index contributed by atoms with van der Waals surface area (Å²) < 4.78 is 19.1. The lowest BCUT2D eigenvalue weighted by atomic mass is 10.1. The van der Waals surface area contributed by atoms with Gasteiger partial charge in [0.2, 0.25) is 5.91 Å². The molecule has 4 rings (SSSR count). The Morgan fingerprint density at radius 3 is 2.64 bits per heavy atom. The van der Waals surface area contributed by atoms with Crippen LogP contribution in [0.2, 0.25) is 0 Å². The smallest absolute Gasteiger partial charge is 0.255 e. The molecule has 1 N–H and O–H groups in total. The van der Waals surface area contributed by atoms with Crippen molar-refractivity contribution in [2.75, 3.05) is 11.1 Å². The molecule has 2 amide bonds. The Morgan fingerprint density at radius 1 is 1.14 bits per heavy atom. The Morgan fingerprint density at radius 2 is 1.93 bits per heavy atom. The zero-order valence-electron chi connectivity index (χ0n) is 14.8. The first-order valence-corrected chi connectivity index (χ1v) is 9.76. The van der Waals surface area contributed by atoms with Crippen LogP contribution in [0.3, 0.4) is 0 Å². The first-order valence-electron chi connectivity index (χ1n) is 8.71. The standard InChI is InChI=1S/C21H17FN2O3S/c22-17-5-1-2-6-18(17)23-20(26)14-7-9-15(10-8-14)21-24(19(25)13-28-21)12-16-4-3-11-27-16/h1-11,21H,12-13H2,(H,23,26)/t21-/m0/s1. The van der Waals surface area contributed by atoms with Crippen molar-refractivity contribution in [1.29, 1.82) is 0 Å². The van der Waals surface area contributed by atoms with Gasteiger partial charge in [0.05, 0.1) is 24.2 Å². The van der Waals surface area contributed by atoms with Crippen LogP contribution in [-0.4, -0.2) is 22.5 Å². The summed E-state index contributed by atoms with van der Waals surface area (Å²) >= 11 is 1.54. The minimum atomic E-state index is -0.484. The molecule has 2 aromatic carbocycles. The number of anilines is 1. The Labute approximate surface area is 165 Å². The van der Waals surface area contributed by atoms with Gasteiger partial charge in [-0.1, -0.05) is 24.3 Å². The summed E-state index contributed by atoms with van der Waals surface area (Å²) in [5, 5.41) is 2.43. The molecule has 0 radical (unpaired) electrons. The van der Waals surface area contributed by atoms with Crippen molar-refractivity contribution in [3.8, 4) is 0 Å². The first-order chi connectivity index (χ1) is 13.6. The van der Waals surface area contributed by atoms with Crippen LogP contribution < -0.4 is 5.32 Å². The Hall–Kier alpha value is -3.06. The zero-order chi connectivity index (χ0) is 19.5. The van der Waals surface area contributed by atoms with E-state index in [1.807, 2.05) is 18.2 Å². The molecular formula is C21H17FN2O3S. The molecule has 1 aliphatic heterocycles. The fourth-order valence-electron chi connectivity index (χ4n) is 3.03. The van der Waals surface area contributed by atoms with E-state index in [2.05, 4.69) is 5.32 Å². The highest BCUT2D eigenvalue weighted by Crippen LogP contribution is 2.39. The summed E-state index contributed by atoms with van der Waals surface area (Å²) in [6.45, 7) is 0.402. The molecule has 7 heteroatoms. The van der Waals surface area contributed by atoms with Gasteiger partial charge in [0.25, 0.3) is 5.91 Å². The molecule has 1 saturated heterocycles. The van der Waals surface area contributed by atoms with Crippen molar-refractivity contribution in [2.24, 2.45) is 0 Å². The van der Waals surface area contributed by atoms with E-state index in [9.17, 15) is 14.0 Å². The normalized spacial score (nSPS) is 16.4. The van der Waals surface area contributed by atoms with Crippen LogP contribution in [0.25, 0.3) is 0 Å². The molecule has 2 heterocycles. The largest absolute Gasteiger partial charge is 0.467 e. The van der Waals surface area contributed by atoms with Crippen molar-refractivity contribution in [3.63, 3.8) is 0 Å². The molecule has 5 nitrogen and oxygen atoms in total. The predicted molar refractivity (Wildman–Crippen MR) is 105 cm³/mol. The summed E-state index contributed by atoms with van der Waals surface area (Å²) in [5.41, 5.74) is 1.47. The van der Waals surface area contributed by atoms with Crippen LogP contribution in [0.15, 0.2) is 71.3 Å². The van der Waals surface area contributed by atoms with Gasteiger partial charge in [-0.2, -0.15) is 0 Å². The number of nitrogens with zero attached hydrogens (tertiary/aromatic N) is 1. The second kappa shape index (κ2) is 7.90. The monoisotopic (exact) mass is 396 g/mol. The van der Waals surface area contributed by atoms with Crippen LogP contribution in [0.1, 0.15) is 27.1 Å². The van der Waals surface area contributed by atoms with E-state index >= 15 is 0 Å². The molecule has 28 heavy (non-hydrogen) atoms. The highest BCUT2D eigenvalue weighted by molar-refractivity contribution is 8.00. The van der Waals surface area contributed by atoms with Crippen LogP contribution in [-0.2, 0) is 11.3 Å². The molecule has 142 valence electrons. The number of carbonyl (C=O) groups excluding carboxylic acids is 2. The van der Waals surface area contributed by atoms with Gasteiger partial charge in [-0.3, -0.25) is 9.59 Å². The molecular weight excluding hydrogens is 379 g/mol. The van der Waals surface area contributed by atoms with Crippen molar-refractivity contribution < 1.29 is 18.4 Å². The van der Waals surface area contributed by atoms with Gasteiger partial charge in [-0.05, 0) is 42.0 Å². The van der Waals surface area contributed by atoms with Gasteiger partial charge in [0, 0.05) is 5.56 Å². The molecule has 0 spiro atoms. The number of furan rings is 1. The number of nitrogens with one attached hydrogen (secondary N) is 1. The maximum atomic E-state index is 13.7. The third kappa shape index (κ3) is 3.80. The number of benzene rings is 2. The lowest BCUT2D eigenvalue weighted by Gasteiger charge is -2.23. The van der Waals surface area contributed by atoms with Gasteiger partial charge >= 0.3 is 0 Å². The van der Waals surface area contributed by atoms with E-state index in [1.54, 1.807) is 41.5 Å². The van der Waals surface area contributed by atoms with E-state index in [1.165, 1.54) is 23.9 Å². The van der Waals surface area contributed by atoms with E-state index in [0.29, 0.717) is 17.9 Å². The van der Waals surface area contributed by atoms with E-state index in [-0.39, 0.29) is 22.9 Å². The highest BCUT2D eigenvalue weighted by Gasteiger charge is 2.33. The van der Waals surface area contributed by atoms with Crippen LogP contribution >= 0.6 is 11.8 Å². The van der Waals surface area contributed by atoms with Crippen molar-refractivity contribution >= 4 is 29.3 Å². The second-order valence-corrected chi connectivity index (χ2v) is 7.39. The topological polar surface area (TPSA) is 62.6 Å². The molecule has 1 aromatic heterocycles. The Kier molecular flexibility index (Phi) is 5.16. The molecule has 0 bridgehead atoms. The number of thioether (sulfide) groups is 1. The number of rotatable bonds is 5. The third-order valence-electron chi connectivity index (χ3n) is 4.45. The van der Waals surface area contributed by atoms with Crippen molar-refractivity contribution in [3.05, 3.63) is 89.6 Å². The van der Waals surface area contributed by atoms with E-state index in [4.69, 9.17) is 4.42 Å².